The number of para-hydroxylation sites is 1. The van der Waals surface area contributed by atoms with Gasteiger partial charge in [-0.25, -0.2) is 14.5 Å². The predicted octanol–water partition coefficient (Wildman–Crippen LogP) is 5.71. The second-order valence-corrected chi connectivity index (χ2v) is 14.2. The van der Waals surface area contributed by atoms with Gasteiger partial charge in [-0.1, -0.05) is 29.9 Å². The smallest absolute Gasteiger partial charge is 0.417 e. The van der Waals surface area contributed by atoms with Crippen LogP contribution in [0.15, 0.2) is 47.9 Å². The van der Waals surface area contributed by atoms with Crippen molar-refractivity contribution >= 4 is 52.6 Å². The topological polar surface area (TPSA) is 141 Å². The Bertz CT molecular complexity index is 1590. The Kier molecular flexibility index (Phi) is 12.3. The monoisotopic (exact) mass is 717 g/mol. The number of benzene rings is 1. The minimum atomic E-state index is -0.807. The molecule has 0 aliphatic carbocycles. The maximum Gasteiger partial charge on any atom is 0.417 e. The van der Waals surface area contributed by atoms with Gasteiger partial charge in [0.25, 0.3) is 5.91 Å². The molecule has 1 atom stereocenters. The highest BCUT2D eigenvalue weighted by molar-refractivity contribution is 7.81. The van der Waals surface area contributed by atoms with Gasteiger partial charge >= 0.3 is 12.2 Å². The highest BCUT2D eigenvalue weighted by atomic mass is 35.5. The molecule has 2 N–H and O–H groups in total. The fourth-order valence-electron chi connectivity index (χ4n) is 5.04. The van der Waals surface area contributed by atoms with Crippen LogP contribution >= 0.6 is 23.8 Å². The zero-order chi connectivity index (χ0) is 35.9. The molecule has 49 heavy (non-hydrogen) atoms. The maximum absolute atomic E-state index is 13.9. The molecule has 0 saturated carbocycles. The normalized spacial score (nSPS) is 17.0. The number of carbonyl (C=O) groups excluding carboxylic acids is 3. The molecule has 2 aromatic rings. The number of aromatic nitrogens is 1. The number of anilines is 1. The summed E-state index contributed by atoms with van der Waals surface area (Å²) >= 11 is 12.1. The van der Waals surface area contributed by atoms with Crippen LogP contribution in [0, 0.1) is 0 Å². The van der Waals surface area contributed by atoms with Crippen LogP contribution in [0.4, 0.5) is 15.3 Å². The Morgan fingerprint density at radius 2 is 1.80 bits per heavy atom. The number of nitrogens with zero attached hydrogens (tertiary/aromatic N) is 3. The first-order valence-electron chi connectivity index (χ1n) is 15.9. The van der Waals surface area contributed by atoms with Crippen molar-refractivity contribution < 1.29 is 38.1 Å². The van der Waals surface area contributed by atoms with E-state index in [9.17, 15) is 14.4 Å². The van der Waals surface area contributed by atoms with Crippen molar-refractivity contribution in [2.45, 2.75) is 71.8 Å². The molecule has 3 heterocycles. The number of thiocarbonyl (C=S) groups is 1. The quantitative estimate of drug-likeness (QED) is 0.307. The molecule has 1 saturated heterocycles. The molecule has 4 rings (SSSR count). The molecule has 0 unspecified atom stereocenters. The third kappa shape index (κ3) is 10.2. The van der Waals surface area contributed by atoms with E-state index in [-0.39, 0.29) is 42.7 Å². The van der Waals surface area contributed by atoms with Gasteiger partial charge in [0.1, 0.15) is 28.5 Å². The van der Waals surface area contributed by atoms with Crippen LogP contribution in [0.5, 0.6) is 11.5 Å². The summed E-state index contributed by atoms with van der Waals surface area (Å²) in [7, 11) is 1.47. The minimum absolute atomic E-state index is 0.0621. The molecule has 1 aromatic heterocycles. The lowest BCUT2D eigenvalue weighted by Crippen LogP contribution is -2.52. The van der Waals surface area contributed by atoms with Crippen LogP contribution in [-0.4, -0.2) is 95.1 Å². The minimum Gasteiger partial charge on any atom is -0.493 e. The van der Waals surface area contributed by atoms with Crippen molar-refractivity contribution in [2.75, 3.05) is 45.3 Å². The van der Waals surface area contributed by atoms with Crippen molar-refractivity contribution in [3.63, 3.8) is 0 Å². The summed E-state index contributed by atoms with van der Waals surface area (Å²) in [6, 6.07) is 6.51. The first kappa shape index (κ1) is 37.7. The zero-order valence-electron chi connectivity index (χ0n) is 28.9. The van der Waals surface area contributed by atoms with Crippen molar-refractivity contribution in [3.05, 3.63) is 58.5 Å². The van der Waals surface area contributed by atoms with E-state index in [0.29, 0.717) is 47.7 Å². The van der Waals surface area contributed by atoms with Crippen LogP contribution in [0.1, 0.15) is 53.5 Å². The Balaban J connectivity index is 1.56. The van der Waals surface area contributed by atoms with Crippen LogP contribution in [0.3, 0.4) is 0 Å². The van der Waals surface area contributed by atoms with Gasteiger partial charge in [0.15, 0.2) is 5.75 Å². The molecule has 3 amide bonds. The number of halogens is 1. The molecular weight excluding hydrogens is 674 g/mol. The van der Waals surface area contributed by atoms with Crippen LogP contribution in [0.25, 0.3) is 0 Å². The standard InChI is InChI=1S/C34H44ClN5O8S/c1-33(2,3)47-31(42)39-15-16-45-19-22(39)20-46-26-18-36-13-11-21(26)17-37-24-12-14-40(32(43)48-34(4,5)6)30(41)27(24)29(49)38-25-10-8-9-23(35)28(25)44-7/h8-11,13,18,22,37H,12,14-17,19-20H2,1-7H3,(H,38,49)/t22-/m1/s1. The van der Waals surface area contributed by atoms with Gasteiger partial charge in [-0.15, -0.1) is 0 Å². The van der Waals surface area contributed by atoms with Crippen molar-refractivity contribution in [3.8, 4) is 11.5 Å². The first-order chi connectivity index (χ1) is 23.1. The average Bonchev–Trinajstić information content (AvgIpc) is 3.01. The Morgan fingerprint density at radius 1 is 1.08 bits per heavy atom. The molecule has 2 aliphatic heterocycles. The molecule has 266 valence electrons. The Labute approximate surface area is 297 Å². The second-order valence-electron chi connectivity index (χ2n) is 13.4. The number of methoxy groups -OCH3 is 1. The summed E-state index contributed by atoms with van der Waals surface area (Å²) in [5.74, 6) is 0.210. The van der Waals surface area contributed by atoms with Crippen LogP contribution in [-0.2, 0) is 25.5 Å². The number of carbonyl (C=O) groups is 3. The van der Waals surface area contributed by atoms with E-state index in [4.69, 9.17) is 47.5 Å². The molecule has 0 bridgehead atoms. The third-order valence-corrected chi connectivity index (χ3v) is 7.86. The lowest BCUT2D eigenvalue weighted by atomic mass is 10.0. The van der Waals surface area contributed by atoms with Crippen molar-refractivity contribution in [2.24, 2.45) is 0 Å². The summed E-state index contributed by atoms with van der Waals surface area (Å²) in [6.07, 6.45) is 2.29. The predicted molar refractivity (Wildman–Crippen MR) is 188 cm³/mol. The summed E-state index contributed by atoms with van der Waals surface area (Å²) in [6.45, 7) is 12.2. The Morgan fingerprint density at radius 3 is 2.49 bits per heavy atom. The number of ether oxygens (including phenoxy) is 5. The number of amides is 3. The van der Waals surface area contributed by atoms with E-state index in [1.807, 2.05) is 20.8 Å². The summed E-state index contributed by atoms with van der Waals surface area (Å²) in [4.78, 5) is 46.7. The van der Waals surface area contributed by atoms with E-state index in [2.05, 4.69) is 15.6 Å². The highest BCUT2D eigenvalue weighted by Gasteiger charge is 2.37. The van der Waals surface area contributed by atoms with Gasteiger partial charge in [-0.3, -0.25) is 14.7 Å². The van der Waals surface area contributed by atoms with E-state index in [1.165, 1.54) is 7.11 Å². The third-order valence-electron chi connectivity index (χ3n) is 7.26. The van der Waals surface area contributed by atoms with Crippen molar-refractivity contribution in [1.29, 1.82) is 0 Å². The molecular formula is C34H44ClN5O8S. The molecule has 15 heteroatoms. The summed E-state index contributed by atoms with van der Waals surface area (Å²) < 4.78 is 28.4. The molecule has 2 aliphatic rings. The number of hydrogen-bond acceptors (Lipinski definition) is 11. The van der Waals surface area contributed by atoms with Gasteiger partial charge in [0.2, 0.25) is 0 Å². The lowest BCUT2D eigenvalue weighted by molar-refractivity contribution is -0.126. The average molecular weight is 718 g/mol. The first-order valence-corrected chi connectivity index (χ1v) is 16.7. The molecule has 13 nitrogen and oxygen atoms in total. The summed E-state index contributed by atoms with van der Waals surface area (Å²) in [5.41, 5.74) is 0.351. The number of pyridine rings is 1. The van der Waals surface area contributed by atoms with Crippen molar-refractivity contribution in [1.82, 2.24) is 20.1 Å². The molecule has 1 fully saturated rings. The Hall–Kier alpha value is -4.14. The van der Waals surface area contributed by atoms with Gasteiger partial charge in [0, 0.05) is 43.5 Å². The highest BCUT2D eigenvalue weighted by Crippen LogP contribution is 2.34. The number of hydrogen-bond donors (Lipinski definition) is 2. The summed E-state index contributed by atoms with van der Waals surface area (Å²) in [5, 5.41) is 6.77. The zero-order valence-corrected chi connectivity index (χ0v) is 30.5. The van der Waals surface area contributed by atoms with E-state index in [1.54, 1.807) is 62.3 Å². The number of rotatable bonds is 9. The van der Waals surface area contributed by atoms with Gasteiger partial charge in [0.05, 0.1) is 48.8 Å². The molecule has 0 spiro atoms. The van der Waals surface area contributed by atoms with Crippen LogP contribution < -0.4 is 20.1 Å². The van der Waals surface area contributed by atoms with E-state index < -0.39 is 29.3 Å². The van der Waals surface area contributed by atoms with Gasteiger partial charge in [-0.2, -0.15) is 0 Å². The second kappa shape index (κ2) is 16.0. The fraction of sp³-hybridized carbons (Fsp3) is 0.500. The van der Waals surface area contributed by atoms with Crippen LogP contribution in [0.2, 0.25) is 5.02 Å². The largest absolute Gasteiger partial charge is 0.493 e. The number of morpholine rings is 1. The number of nitrogens with one attached hydrogen (secondary N) is 2. The lowest BCUT2D eigenvalue weighted by Gasteiger charge is -2.36. The van der Waals surface area contributed by atoms with E-state index >= 15 is 0 Å². The maximum atomic E-state index is 13.9. The number of imide groups is 1. The van der Waals surface area contributed by atoms with E-state index in [0.717, 1.165) is 10.5 Å². The fourth-order valence-corrected chi connectivity index (χ4v) is 5.61. The molecule has 1 aromatic carbocycles. The SMILES string of the molecule is COc1c(Cl)cccc1NC(=S)C1=C(NCc2ccncc2OC[C@H]2COCCN2C(=O)OC(C)(C)C)CCN(C(=O)OC(C)(C)C)C1=O. The van der Waals surface area contributed by atoms with Gasteiger partial charge < -0.3 is 34.3 Å². The molecule has 0 radical (unpaired) electrons. The van der Waals surface area contributed by atoms with Gasteiger partial charge in [-0.05, 0) is 59.7 Å².